The molecule has 2 aromatic rings. The minimum Gasteiger partial charge on any atom is -0.497 e. The van der Waals surface area contributed by atoms with Crippen LogP contribution in [-0.4, -0.2) is 42.2 Å². The van der Waals surface area contributed by atoms with E-state index in [1.165, 1.54) is 0 Å². The molecule has 0 aliphatic heterocycles. The van der Waals surface area contributed by atoms with Gasteiger partial charge in [-0.25, -0.2) is 0 Å². The van der Waals surface area contributed by atoms with Gasteiger partial charge < -0.3 is 19.2 Å². The Hall–Kier alpha value is -2.01. The fraction of sp³-hybridized carbons (Fsp3) is 0.500. The molecule has 1 saturated carbocycles. The molecule has 5 nitrogen and oxygen atoms in total. The Morgan fingerprint density at radius 3 is 2.74 bits per heavy atom. The number of aryl methyl sites for hydroxylation is 1. The summed E-state index contributed by atoms with van der Waals surface area (Å²) in [4.78, 5) is 14.5. The quantitative estimate of drug-likeness (QED) is 0.941. The number of likely N-dealkylation sites (N-methyl/N-ethyl adjacent to an activating group) is 1. The van der Waals surface area contributed by atoms with E-state index >= 15 is 0 Å². The van der Waals surface area contributed by atoms with Gasteiger partial charge in [-0.15, -0.1) is 0 Å². The fourth-order valence-electron chi connectivity index (χ4n) is 3.49. The Bertz CT molecular complexity index is 728. The van der Waals surface area contributed by atoms with Crippen molar-refractivity contribution >= 4 is 16.9 Å². The number of nitrogens with zero attached hydrogens (tertiary/aromatic N) is 1. The SMILES string of the molecule is COc1ccc2oc(C)c(C(=O)N(C)CC3(O)CCCC3)c2c1. The molecule has 1 aliphatic carbocycles. The molecule has 1 aromatic carbocycles. The lowest BCUT2D eigenvalue weighted by Gasteiger charge is -2.28. The maximum absolute atomic E-state index is 12.9. The minimum absolute atomic E-state index is 0.130. The zero-order valence-electron chi connectivity index (χ0n) is 13.9. The predicted octanol–water partition coefficient (Wildman–Crippen LogP) is 3.13. The molecule has 1 aliphatic rings. The van der Waals surface area contributed by atoms with Crippen LogP contribution in [0.4, 0.5) is 0 Å². The third-order valence-electron chi connectivity index (χ3n) is 4.70. The zero-order valence-corrected chi connectivity index (χ0v) is 13.9. The third kappa shape index (κ3) is 2.93. The van der Waals surface area contributed by atoms with E-state index in [0.717, 1.165) is 31.1 Å². The van der Waals surface area contributed by atoms with Crippen molar-refractivity contribution in [1.29, 1.82) is 0 Å². The number of furan rings is 1. The first-order valence-corrected chi connectivity index (χ1v) is 7.98. The predicted molar refractivity (Wildman–Crippen MR) is 87.9 cm³/mol. The molecule has 0 bridgehead atoms. The Kier molecular flexibility index (Phi) is 4.06. The molecule has 1 aromatic heterocycles. The maximum Gasteiger partial charge on any atom is 0.257 e. The van der Waals surface area contributed by atoms with Crippen LogP contribution in [0.3, 0.4) is 0 Å². The number of carbonyl (C=O) groups is 1. The third-order valence-corrected chi connectivity index (χ3v) is 4.70. The molecule has 0 unspecified atom stereocenters. The van der Waals surface area contributed by atoms with Crippen molar-refractivity contribution in [3.05, 3.63) is 29.5 Å². The lowest BCUT2D eigenvalue weighted by atomic mass is 10.0. The highest BCUT2D eigenvalue weighted by Crippen LogP contribution is 2.32. The highest BCUT2D eigenvalue weighted by atomic mass is 16.5. The molecule has 124 valence electrons. The van der Waals surface area contributed by atoms with Gasteiger partial charge in [0.1, 0.15) is 17.1 Å². The molecule has 0 radical (unpaired) electrons. The summed E-state index contributed by atoms with van der Waals surface area (Å²) in [6.45, 7) is 2.14. The number of benzene rings is 1. The van der Waals surface area contributed by atoms with Gasteiger partial charge >= 0.3 is 0 Å². The van der Waals surface area contributed by atoms with Crippen LogP contribution >= 0.6 is 0 Å². The molecule has 0 spiro atoms. The van der Waals surface area contributed by atoms with E-state index < -0.39 is 5.60 Å². The van der Waals surface area contributed by atoms with E-state index in [0.29, 0.717) is 29.2 Å². The summed E-state index contributed by atoms with van der Waals surface area (Å²) in [5.41, 5.74) is 0.456. The van der Waals surface area contributed by atoms with Crippen LogP contribution in [0.15, 0.2) is 22.6 Å². The fourth-order valence-corrected chi connectivity index (χ4v) is 3.49. The van der Waals surface area contributed by atoms with Crippen molar-refractivity contribution in [3.8, 4) is 5.75 Å². The van der Waals surface area contributed by atoms with Gasteiger partial charge in [0.15, 0.2) is 0 Å². The van der Waals surface area contributed by atoms with Crippen LogP contribution in [-0.2, 0) is 0 Å². The molecule has 0 atom stereocenters. The van der Waals surface area contributed by atoms with Crippen molar-refractivity contribution in [3.63, 3.8) is 0 Å². The van der Waals surface area contributed by atoms with Crippen molar-refractivity contribution in [2.75, 3.05) is 20.7 Å². The molecule has 5 heteroatoms. The Labute approximate surface area is 135 Å². The van der Waals surface area contributed by atoms with Gasteiger partial charge in [0, 0.05) is 19.0 Å². The van der Waals surface area contributed by atoms with Gasteiger partial charge in [-0.1, -0.05) is 12.8 Å². The van der Waals surface area contributed by atoms with E-state index in [-0.39, 0.29) is 5.91 Å². The van der Waals surface area contributed by atoms with E-state index in [9.17, 15) is 9.90 Å². The zero-order chi connectivity index (χ0) is 16.6. The van der Waals surface area contributed by atoms with Crippen LogP contribution in [0.25, 0.3) is 11.0 Å². The second kappa shape index (κ2) is 5.89. The number of fused-ring (bicyclic) bond motifs is 1. The molecule has 0 saturated heterocycles. The van der Waals surface area contributed by atoms with E-state index in [2.05, 4.69) is 0 Å². The van der Waals surface area contributed by atoms with Crippen molar-refractivity contribution in [1.82, 2.24) is 4.90 Å². The van der Waals surface area contributed by atoms with Crippen LogP contribution in [0, 0.1) is 6.92 Å². The second-order valence-corrected chi connectivity index (χ2v) is 6.49. The van der Waals surface area contributed by atoms with Gasteiger partial charge in [0.25, 0.3) is 5.91 Å². The summed E-state index contributed by atoms with van der Waals surface area (Å²) in [6.07, 6.45) is 3.54. The number of amides is 1. The highest BCUT2D eigenvalue weighted by Gasteiger charge is 2.34. The van der Waals surface area contributed by atoms with E-state index in [1.807, 2.05) is 18.2 Å². The first kappa shape index (κ1) is 15.9. The number of carbonyl (C=O) groups excluding carboxylic acids is 1. The Balaban J connectivity index is 1.92. The number of hydrogen-bond donors (Lipinski definition) is 1. The van der Waals surface area contributed by atoms with Gasteiger partial charge in [-0.3, -0.25) is 4.79 Å². The first-order valence-electron chi connectivity index (χ1n) is 7.98. The Morgan fingerprint density at radius 1 is 1.39 bits per heavy atom. The molecular weight excluding hydrogens is 294 g/mol. The summed E-state index contributed by atoms with van der Waals surface area (Å²) >= 11 is 0. The Morgan fingerprint density at radius 2 is 2.09 bits per heavy atom. The average molecular weight is 317 g/mol. The second-order valence-electron chi connectivity index (χ2n) is 6.49. The first-order chi connectivity index (χ1) is 10.9. The largest absolute Gasteiger partial charge is 0.497 e. The average Bonchev–Trinajstić information content (AvgIpc) is 3.08. The van der Waals surface area contributed by atoms with Crippen LogP contribution in [0.1, 0.15) is 41.8 Å². The van der Waals surface area contributed by atoms with Crippen molar-refractivity contribution in [2.24, 2.45) is 0 Å². The maximum atomic E-state index is 12.9. The molecule has 1 heterocycles. The summed E-state index contributed by atoms with van der Waals surface area (Å²) in [6, 6.07) is 5.43. The van der Waals surface area contributed by atoms with Gasteiger partial charge in [-0.05, 0) is 38.0 Å². The normalized spacial score (nSPS) is 16.7. The summed E-state index contributed by atoms with van der Waals surface area (Å²) in [5.74, 6) is 1.14. The lowest BCUT2D eigenvalue weighted by Crippen LogP contribution is -2.42. The number of ether oxygens (including phenoxy) is 1. The standard InChI is InChI=1S/C18H23NO4/c1-12-16(14-10-13(22-3)6-7-15(14)23-12)17(20)19(2)11-18(21)8-4-5-9-18/h6-7,10,21H,4-5,8-9,11H2,1-3H3. The number of hydrogen-bond acceptors (Lipinski definition) is 4. The van der Waals surface area contributed by atoms with Gasteiger partial charge in [0.2, 0.25) is 0 Å². The van der Waals surface area contributed by atoms with Crippen LogP contribution in [0.5, 0.6) is 5.75 Å². The molecule has 23 heavy (non-hydrogen) atoms. The highest BCUT2D eigenvalue weighted by molar-refractivity contribution is 6.07. The van der Waals surface area contributed by atoms with Crippen molar-refractivity contribution < 1.29 is 19.1 Å². The smallest absolute Gasteiger partial charge is 0.257 e. The van der Waals surface area contributed by atoms with Gasteiger partial charge in [-0.2, -0.15) is 0 Å². The molecule has 1 N–H and O–H groups in total. The summed E-state index contributed by atoms with van der Waals surface area (Å²) in [5, 5.41) is 11.3. The minimum atomic E-state index is -0.754. The molecular formula is C18H23NO4. The number of aliphatic hydroxyl groups is 1. The number of methoxy groups -OCH3 is 1. The van der Waals surface area contributed by atoms with E-state index in [1.54, 1.807) is 26.0 Å². The molecule has 1 amide bonds. The van der Waals surface area contributed by atoms with Gasteiger partial charge in [0.05, 0.1) is 18.3 Å². The van der Waals surface area contributed by atoms with Crippen LogP contribution < -0.4 is 4.74 Å². The van der Waals surface area contributed by atoms with E-state index in [4.69, 9.17) is 9.15 Å². The number of rotatable bonds is 4. The monoisotopic (exact) mass is 317 g/mol. The lowest BCUT2D eigenvalue weighted by molar-refractivity contribution is 0.0156. The topological polar surface area (TPSA) is 62.9 Å². The molecule has 1 fully saturated rings. The molecule has 3 rings (SSSR count). The summed E-state index contributed by atoms with van der Waals surface area (Å²) in [7, 11) is 3.33. The van der Waals surface area contributed by atoms with Crippen LogP contribution in [0.2, 0.25) is 0 Å². The van der Waals surface area contributed by atoms with Crippen molar-refractivity contribution in [2.45, 2.75) is 38.2 Å². The summed E-state index contributed by atoms with van der Waals surface area (Å²) < 4.78 is 10.9.